The second-order valence-corrected chi connectivity index (χ2v) is 6.55. The smallest absolute Gasteiger partial charge is 0.230 e. The van der Waals surface area contributed by atoms with Crippen LogP contribution in [-0.2, 0) is 17.8 Å². The number of pyridine rings is 1. The van der Waals surface area contributed by atoms with Crippen molar-refractivity contribution in [3.8, 4) is 0 Å². The highest BCUT2D eigenvalue weighted by Crippen LogP contribution is 2.14. The van der Waals surface area contributed by atoms with Gasteiger partial charge in [-0.1, -0.05) is 30.3 Å². The molecular weight excluding hydrogens is 318 g/mol. The highest BCUT2D eigenvalue weighted by atomic mass is 32.1. The lowest BCUT2D eigenvalue weighted by atomic mass is 10.1. The monoisotopic (exact) mass is 337 g/mol. The number of thiophene rings is 1. The molecule has 0 aliphatic carbocycles. The van der Waals surface area contributed by atoms with Crippen LogP contribution < -0.4 is 10.6 Å². The highest BCUT2D eigenvalue weighted by Gasteiger charge is 2.06. The molecule has 0 spiro atoms. The van der Waals surface area contributed by atoms with Crippen LogP contribution in [0.1, 0.15) is 16.0 Å². The fourth-order valence-electron chi connectivity index (χ4n) is 2.34. The number of aromatic nitrogens is 1. The van der Waals surface area contributed by atoms with E-state index in [-0.39, 0.29) is 5.91 Å². The molecule has 2 aromatic heterocycles. The van der Waals surface area contributed by atoms with Crippen LogP contribution in [0.2, 0.25) is 0 Å². The first-order chi connectivity index (χ1) is 11.7. The zero-order valence-corrected chi connectivity index (χ0v) is 14.3. The normalized spacial score (nSPS) is 10.4. The lowest BCUT2D eigenvalue weighted by molar-refractivity contribution is -0.115. The third kappa shape index (κ3) is 4.43. The van der Waals surface area contributed by atoms with E-state index in [1.807, 2.05) is 41.8 Å². The molecule has 3 rings (SSSR count). The standard InChI is InChI=1S/C19H19N3OS/c1-14-5-2-3-6-15(14)12-20-16-8-9-18(21-13-16)22-19(23)11-17-7-4-10-24-17/h2-10,13,20H,11-12H2,1H3,(H,21,22,23). The molecule has 3 aromatic rings. The second kappa shape index (κ2) is 7.75. The number of nitrogens with zero attached hydrogens (tertiary/aromatic N) is 1. The number of rotatable bonds is 6. The number of nitrogens with one attached hydrogen (secondary N) is 2. The number of carbonyl (C=O) groups is 1. The zero-order valence-electron chi connectivity index (χ0n) is 13.5. The second-order valence-electron chi connectivity index (χ2n) is 5.52. The Kier molecular flexibility index (Phi) is 5.23. The van der Waals surface area contributed by atoms with Gasteiger partial charge < -0.3 is 10.6 Å². The van der Waals surface area contributed by atoms with E-state index in [1.54, 1.807) is 17.5 Å². The van der Waals surface area contributed by atoms with E-state index in [1.165, 1.54) is 11.1 Å². The Morgan fingerprint density at radius 3 is 2.71 bits per heavy atom. The molecule has 0 saturated carbocycles. The molecule has 0 radical (unpaired) electrons. The molecule has 0 fully saturated rings. The van der Waals surface area contributed by atoms with Crippen molar-refractivity contribution in [2.45, 2.75) is 19.9 Å². The van der Waals surface area contributed by atoms with Gasteiger partial charge in [-0.15, -0.1) is 11.3 Å². The van der Waals surface area contributed by atoms with Crippen molar-refractivity contribution in [1.29, 1.82) is 0 Å². The zero-order chi connectivity index (χ0) is 16.8. The van der Waals surface area contributed by atoms with Gasteiger partial charge in [0.1, 0.15) is 5.82 Å². The minimum Gasteiger partial charge on any atom is -0.380 e. The van der Waals surface area contributed by atoms with Crippen LogP contribution in [0.4, 0.5) is 11.5 Å². The minimum absolute atomic E-state index is 0.0504. The first kappa shape index (κ1) is 16.2. The van der Waals surface area contributed by atoms with E-state index in [2.05, 4.69) is 34.7 Å². The Bertz CT molecular complexity index is 798. The molecule has 1 aromatic carbocycles. The van der Waals surface area contributed by atoms with Crippen LogP contribution in [0.5, 0.6) is 0 Å². The third-order valence-electron chi connectivity index (χ3n) is 3.69. The lowest BCUT2D eigenvalue weighted by Crippen LogP contribution is -2.14. The van der Waals surface area contributed by atoms with Gasteiger partial charge in [0, 0.05) is 11.4 Å². The molecule has 5 heteroatoms. The van der Waals surface area contributed by atoms with Gasteiger partial charge in [-0.3, -0.25) is 4.79 Å². The molecule has 1 amide bonds. The maximum Gasteiger partial charge on any atom is 0.230 e. The van der Waals surface area contributed by atoms with E-state index in [9.17, 15) is 4.79 Å². The van der Waals surface area contributed by atoms with Crippen molar-refractivity contribution >= 4 is 28.7 Å². The molecule has 0 unspecified atom stereocenters. The van der Waals surface area contributed by atoms with Crippen molar-refractivity contribution in [2.24, 2.45) is 0 Å². The molecule has 0 aliphatic heterocycles. The summed E-state index contributed by atoms with van der Waals surface area (Å²) in [5.74, 6) is 0.517. The van der Waals surface area contributed by atoms with Crippen LogP contribution >= 0.6 is 11.3 Å². The summed E-state index contributed by atoms with van der Waals surface area (Å²) >= 11 is 1.58. The maximum atomic E-state index is 12.0. The first-order valence-corrected chi connectivity index (χ1v) is 8.65. The summed E-state index contributed by atoms with van der Waals surface area (Å²) in [4.78, 5) is 17.3. The molecule has 0 atom stereocenters. The Morgan fingerprint density at radius 2 is 2.00 bits per heavy atom. The van der Waals surface area contributed by atoms with Crippen LogP contribution in [-0.4, -0.2) is 10.9 Å². The molecule has 24 heavy (non-hydrogen) atoms. The van der Waals surface area contributed by atoms with Crippen LogP contribution in [0.25, 0.3) is 0 Å². The van der Waals surface area contributed by atoms with Crippen LogP contribution in [0.15, 0.2) is 60.1 Å². The fraction of sp³-hybridized carbons (Fsp3) is 0.158. The topological polar surface area (TPSA) is 54.0 Å². The maximum absolute atomic E-state index is 12.0. The lowest BCUT2D eigenvalue weighted by Gasteiger charge is -2.09. The largest absolute Gasteiger partial charge is 0.380 e. The summed E-state index contributed by atoms with van der Waals surface area (Å²) < 4.78 is 0. The predicted molar refractivity (Wildman–Crippen MR) is 99.4 cm³/mol. The number of carbonyl (C=O) groups excluding carboxylic acids is 1. The number of benzene rings is 1. The summed E-state index contributed by atoms with van der Waals surface area (Å²) in [7, 11) is 0. The van der Waals surface area contributed by atoms with Crippen molar-refractivity contribution in [2.75, 3.05) is 10.6 Å². The Labute approximate surface area is 145 Å². The molecule has 0 saturated heterocycles. The predicted octanol–water partition coefficient (Wildman–Crippen LogP) is 4.24. The van der Waals surface area contributed by atoms with Gasteiger partial charge in [0.25, 0.3) is 0 Å². The van der Waals surface area contributed by atoms with E-state index in [0.29, 0.717) is 12.2 Å². The number of anilines is 2. The van der Waals surface area contributed by atoms with E-state index in [0.717, 1.165) is 17.1 Å². The quantitative estimate of drug-likeness (QED) is 0.707. The summed E-state index contributed by atoms with van der Waals surface area (Å²) in [5, 5.41) is 8.13. The molecule has 122 valence electrons. The molecular formula is C19H19N3OS. The highest BCUT2D eigenvalue weighted by molar-refractivity contribution is 7.10. The van der Waals surface area contributed by atoms with Crippen molar-refractivity contribution in [1.82, 2.24) is 4.98 Å². The average molecular weight is 337 g/mol. The van der Waals surface area contributed by atoms with Gasteiger partial charge in [0.05, 0.1) is 18.3 Å². The molecule has 2 heterocycles. The number of hydrogen-bond donors (Lipinski definition) is 2. The fourth-order valence-corrected chi connectivity index (χ4v) is 3.04. The van der Waals surface area contributed by atoms with Crippen molar-refractivity contribution in [3.05, 3.63) is 76.1 Å². The van der Waals surface area contributed by atoms with Crippen molar-refractivity contribution < 1.29 is 4.79 Å². The first-order valence-electron chi connectivity index (χ1n) is 7.77. The number of hydrogen-bond acceptors (Lipinski definition) is 4. The third-order valence-corrected chi connectivity index (χ3v) is 4.57. The van der Waals surface area contributed by atoms with E-state index >= 15 is 0 Å². The van der Waals surface area contributed by atoms with Gasteiger partial charge >= 0.3 is 0 Å². The molecule has 0 bridgehead atoms. The Morgan fingerprint density at radius 1 is 1.12 bits per heavy atom. The number of aryl methyl sites for hydroxylation is 1. The molecule has 0 aliphatic rings. The van der Waals surface area contributed by atoms with Crippen LogP contribution in [0.3, 0.4) is 0 Å². The summed E-state index contributed by atoms with van der Waals surface area (Å²) in [6.45, 7) is 2.85. The van der Waals surface area contributed by atoms with Gasteiger partial charge in [-0.2, -0.15) is 0 Å². The average Bonchev–Trinajstić information content (AvgIpc) is 3.08. The summed E-state index contributed by atoms with van der Waals surface area (Å²) in [6.07, 6.45) is 2.12. The Balaban J connectivity index is 1.53. The summed E-state index contributed by atoms with van der Waals surface area (Å²) in [5.41, 5.74) is 3.44. The SMILES string of the molecule is Cc1ccccc1CNc1ccc(NC(=O)Cc2cccs2)nc1. The Hall–Kier alpha value is -2.66. The van der Waals surface area contributed by atoms with Gasteiger partial charge in [-0.05, 0) is 41.6 Å². The number of amides is 1. The molecule has 4 nitrogen and oxygen atoms in total. The van der Waals surface area contributed by atoms with Gasteiger partial charge in [0.2, 0.25) is 5.91 Å². The summed E-state index contributed by atoms with van der Waals surface area (Å²) in [6, 6.07) is 15.9. The van der Waals surface area contributed by atoms with E-state index in [4.69, 9.17) is 0 Å². The van der Waals surface area contributed by atoms with Gasteiger partial charge in [-0.25, -0.2) is 4.98 Å². The molecule has 2 N–H and O–H groups in total. The van der Waals surface area contributed by atoms with Crippen LogP contribution in [0, 0.1) is 6.92 Å². The van der Waals surface area contributed by atoms with Gasteiger partial charge in [0.15, 0.2) is 0 Å². The van der Waals surface area contributed by atoms with E-state index < -0.39 is 0 Å². The van der Waals surface area contributed by atoms with Crippen molar-refractivity contribution in [3.63, 3.8) is 0 Å². The minimum atomic E-state index is -0.0504.